The molecule has 0 aliphatic rings. The fourth-order valence-electron chi connectivity index (χ4n) is 1.21. The van der Waals surface area contributed by atoms with Gasteiger partial charge >= 0.3 is 0 Å². The molecule has 0 fully saturated rings. The van der Waals surface area contributed by atoms with E-state index in [-0.39, 0.29) is 18.0 Å². The molecule has 1 amide bonds. The van der Waals surface area contributed by atoms with Crippen molar-refractivity contribution in [1.82, 2.24) is 5.32 Å². The molecule has 0 aliphatic carbocycles. The Kier molecular flexibility index (Phi) is 4.53. The summed E-state index contributed by atoms with van der Waals surface area (Å²) in [6.45, 7) is 0.475. The molecule has 0 bridgehead atoms. The van der Waals surface area contributed by atoms with Gasteiger partial charge < -0.3 is 10.6 Å². The maximum Gasteiger partial charge on any atom is 0.274 e. The molecule has 6 nitrogen and oxygen atoms in total. The maximum atomic E-state index is 13.0. The van der Waals surface area contributed by atoms with Crippen molar-refractivity contribution in [1.29, 1.82) is 0 Å². The van der Waals surface area contributed by atoms with Crippen molar-refractivity contribution >= 4 is 17.3 Å². The van der Waals surface area contributed by atoms with E-state index in [1.165, 1.54) is 0 Å². The van der Waals surface area contributed by atoms with Gasteiger partial charge in [0.25, 0.3) is 5.69 Å². The number of carbonyl (C=O) groups excluding carboxylic acids is 1. The van der Waals surface area contributed by atoms with Crippen molar-refractivity contribution in [2.24, 2.45) is 0 Å². The summed E-state index contributed by atoms with van der Waals surface area (Å²) in [5.41, 5.74) is -0.313. The van der Waals surface area contributed by atoms with E-state index >= 15 is 0 Å². The predicted molar refractivity (Wildman–Crippen MR) is 60.2 cm³/mol. The molecule has 0 heterocycles. The fraction of sp³-hybridized carbons (Fsp3) is 0.300. The van der Waals surface area contributed by atoms with Crippen LogP contribution in [-0.4, -0.2) is 24.4 Å². The van der Waals surface area contributed by atoms with Gasteiger partial charge in [0.1, 0.15) is 5.82 Å². The van der Waals surface area contributed by atoms with Crippen LogP contribution in [0.1, 0.15) is 6.42 Å². The number of nitro groups is 1. The van der Waals surface area contributed by atoms with E-state index in [9.17, 15) is 19.3 Å². The second-order valence-electron chi connectivity index (χ2n) is 3.36. The summed E-state index contributed by atoms with van der Waals surface area (Å²) in [7, 11) is 1.69. The third-order valence-electron chi connectivity index (χ3n) is 1.98. The lowest BCUT2D eigenvalue weighted by atomic mass is 10.2. The summed E-state index contributed by atoms with van der Waals surface area (Å²) < 4.78 is 13.0. The van der Waals surface area contributed by atoms with Gasteiger partial charge in [0.05, 0.1) is 16.7 Å². The highest BCUT2D eigenvalue weighted by Crippen LogP contribution is 2.19. The molecular formula is C10H12FN3O3. The third kappa shape index (κ3) is 4.15. The Hall–Kier alpha value is -2.02. The van der Waals surface area contributed by atoms with Gasteiger partial charge in [0, 0.05) is 19.0 Å². The summed E-state index contributed by atoms with van der Waals surface area (Å²) in [5, 5.41) is 15.7. The van der Waals surface area contributed by atoms with Gasteiger partial charge in [-0.3, -0.25) is 14.9 Å². The first kappa shape index (κ1) is 13.0. The van der Waals surface area contributed by atoms with Crippen molar-refractivity contribution in [2.45, 2.75) is 6.42 Å². The van der Waals surface area contributed by atoms with E-state index in [0.717, 1.165) is 18.2 Å². The van der Waals surface area contributed by atoms with Gasteiger partial charge in [0.15, 0.2) is 0 Å². The van der Waals surface area contributed by atoms with Crippen LogP contribution in [0.2, 0.25) is 0 Å². The zero-order chi connectivity index (χ0) is 12.8. The highest BCUT2D eigenvalue weighted by Gasteiger charge is 2.11. The Balaban J connectivity index is 2.77. The normalized spacial score (nSPS) is 10.0. The average Bonchev–Trinajstić information content (AvgIpc) is 2.25. The van der Waals surface area contributed by atoms with Crippen LogP contribution >= 0.6 is 0 Å². The molecule has 0 saturated heterocycles. The number of non-ortho nitro benzene ring substituents is 1. The van der Waals surface area contributed by atoms with Gasteiger partial charge in [-0.2, -0.15) is 0 Å². The third-order valence-corrected chi connectivity index (χ3v) is 1.98. The molecule has 0 saturated carbocycles. The molecule has 1 aromatic rings. The van der Waals surface area contributed by atoms with Crippen LogP contribution in [0, 0.1) is 15.9 Å². The van der Waals surface area contributed by atoms with Crippen LogP contribution in [0.3, 0.4) is 0 Å². The predicted octanol–water partition coefficient (Wildman–Crippen LogP) is 1.28. The zero-order valence-corrected chi connectivity index (χ0v) is 9.20. The molecule has 0 unspecified atom stereocenters. The molecule has 7 heteroatoms. The Morgan fingerprint density at radius 3 is 2.76 bits per heavy atom. The van der Waals surface area contributed by atoms with E-state index in [1.54, 1.807) is 7.05 Å². The topological polar surface area (TPSA) is 84.3 Å². The highest BCUT2D eigenvalue weighted by molar-refractivity contribution is 5.91. The van der Waals surface area contributed by atoms with Crippen LogP contribution in [0.15, 0.2) is 18.2 Å². The average molecular weight is 241 g/mol. The van der Waals surface area contributed by atoms with E-state index in [0.29, 0.717) is 6.54 Å². The SMILES string of the molecule is CNCCC(=O)Nc1cc(F)cc([N+](=O)[O-])c1. The number of amides is 1. The van der Waals surface area contributed by atoms with Gasteiger partial charge in [-0.15, -0.1) is 0 Å². The van der Waals surface area contributed by atoms with Crippen molar-refractivity contribution in [3.05, 3.63) is 34.1 Å². The second-order valence-corrected chi connectivity index (χ2v) is 3.36. The fourth-order valence-corrected chi connectivity index (χ4v) is 1.21. The number of nitrogens with zero attached hydrogens (tertiary/aromatic N) is 1. The van der Waals surface area contributed by atoms with Crippen molar-refractivity contribution in [3.8, 4) is 0 Å². The second kappa shape index (κ2) is 5.90. The Morgan fingerprint density at radius 1 is 1.47 bits per heavy atom. The summed E-state index contributed by atoms with van der Waals surface area (Å²) >= 11 is 0. The molecule has 0 radical (unpaired) electrons. The molecule has 0 aromatic heterocycles. The van der Waals surface area contributed by atoms with Crippen molar-refractivity contribution in [3.63, 3.8) is 0 Å². The van der Waals surface area contributed by atoms with E-state index in [2.05, 4.69) is 10.6 Å². The maximum absolute atomic E-state index is 13.0. The molecule has 1 aromatic carbocycles. The quantitative estimate of drug-likeness (QED) is 0.600. The number of hydrogen-bond donors (Lipinski definition) is 2. The lowest BCUT2D eigenvalue weighted by molar-refractivity contribution is -0.385. The van der Waals surface area contributed by atoms with Crippen LogP contribution < -0.4 is 10.6 Å². The first-order valence-electron chi connectivity index (χ1n) is 4.92. The molecule has 0 atom stereocenters. The van der Waals surface area contributed by atoms with Gasteiger partial charge in [0.2, 0.25) is 5.91 Å². The number of nitrogens with one attached hydrogen (secondary N) is 2. The van der Waals surface area contributed by atoms with Crippen LogP contribution in [-0.2, 0) is 4.79 Å². The molecule has 92 valence electrons. The van der Waals surface area contributed by atoms with Crippen molar-refractivity contribution < 1.29 is 14.1 Å². The lowest BCUT2D eigenvalue weighted by Crippen LogP contribution is -2.18. The summed E-state index contributed by atoms with van der Waals surface area (Å²) in [6, 6.07) is 2.94. The van der Waals surface area contributed by atoms with Crippen molar-refractivity contribution in [2.75, 3.05) is 18.9 Å². The summed E-state index contributed by atoms with van der Waals surface area (Å²) in [5.74, 6) is -1.10. The van der Waals surface area contributed by atoms with Gasteiger partial charge in [-0.25, -0.2) is 4.39 Å². The largest absolute Gasteiger partial charge is 0.326 e. The van der Waals surface area contributed by atoms with E-state index in [4.69, 9.17) is 0 Å². The number of rotatable bonds is 5. The minimum absolute atomic E-state index is 0.0813. The van der Waals surface area contributed by atoms with Crippen LogP contribution in [0.4, 0.5) is 15.8 Å². The monoisotopic (exact) mass is 241 g/mol. The summed E-state index contributed by atoms with van der Waals surface area (Å²) in [4.78, 5) is 21.1. The van der Waals surface area contributed by atoms with Crippen LogP contribution in [0.25, 0.3) is 0 Å². The van der Waals surface area contributed by atoms with E-state index < -0.39 is 16.4 Å². The molecular weight excluding hydrogens is 229 g/mol. The zero-order valence-electron chi connectivity index (χ0n) is 9.20. The Bertz CT molecular complexity index is 437. The number of nitro benzene ring substituents is 1. The van der Waals surface area contributed by atoms with E-state index in [1.807, 2.05) is 0 Å². The Labute approximate surface area is 97.0 Å². The van der Waals surface area contributed by atoms with Crippen LogP contribution in [0.5, 0.6) is 0 Å². The minimum atomic E-state index is -0.761. The summed E-state index contributed by atoms with van der Waals surface area (Å²) in [6.07, 6.45) is 0.209. The molecule has 17 heavy (non-hydrogen) atoms. The number of hydrogen-bond acceptors (Lipinski definition) is 4. The molecule has 1 rings (SSSR count). The number of carbonyl (C=O) groups is 1. The first-order valence-corrected chi connectivity index (χ1v) is 4.92. The number of halogens is 1. The minimum Gasteiger partial charge on any atom is -0.326 e. The van der Waals surface area contributed by atoms with Gasteiger partial charge in [-0.1, -0.05) is 0 Å². The molecule has 0 aliphatic heterocycles. The standard InChI is InChI=1S/C10H12FN3O3/c1-12-3-2-10(15)13-8-4-7(11)5-9(6-8)14(16)17/h4-6,12H,2-3H2,1H3,(H,13,15). The number of anilines is 1. The smallest absolute Gasteiger partial charge is 0.274 e. The first-order chi connectivity index (χ1) is 8.02. The van der Waals surface area contributed by atoms with Gasteiger partial charge in [-0.05, 0) is 13.1 Å². The molecule has 2 N–H and O–H groups in total. The lowest BCUT2D eigenvalue weighted by Gasteiger charge is -2.05. The Morgan fingerprint density at radius 2 is 2.18 bits per heavy atom. The highest BCUT2D eigenvalue weighted by atomic mass is 19.1. The number of benzene rings is 1. The molecule has 0 spiro atoms.